The number of imidazole rings is 1. The number of benzene rings is 2. The zero-order chi connectivity index (χ0) is 20.4. The molecular formula is C21H19ClN4O3. The topological polar surface area (TPSA) is 87.3 Å². The van der Waals surface area contributed by atoms with Crippen molar-refractivity contribution in [3.8, 4) is 0 Å². The molecular weight excluding hydrogens is 392 g/mol. The Balaban J connectivity index is 1.63. The zero-order valence-electron chi connectivity index (χ0n) is 15.7. The Morgan fingerprint density at radius 3 is 2.79 bits per heavy atom. The van der Waals surface area contributed by atoms with Gasteiger partial charge in [0.2, 0.25) is 0 Å². The fourth-order valence-corrected chi connectivity index (χ4v) is 3.64. The summed E-state index contributed by atoms with van der Waals surface area (Å²) >= 11 is 6.04. The number of amides is 2. The number of ether oxygens (including phenoxy) is 1. The molecule has 1 aliphatic heterocycles. The third kappa shape index (κ3) is 3.82. The van der Waals surface area contributed by atoms with Gasteiger partial charge in [-0.1, -0.05) is 29.8 Å². The highest BCUT2D eigenvalue weighted by atomic mass is 35.5. The highest BCUT2D eigenvalue weighted by molar-refractivity contribution is 6.30. The number of aromatic nitrogens is 2. The number of nitrogens with zero attached hydrogens (tertiary/aromatic N) is 2. The standard InChI is InChI=1S/C21H19ClN4O3/c1-29-20(27)14-3-2-4-16(11-14)25-21(28)26-10-9-17-18(24-12-23-17)19(26)13-5-7-15(22)8-6-13/h2-8,11-12,19H,9-10H2,1H3,(H,23,24)(H,25,28)/t19-/m0/s1. The Hall–Kier alpha value is -3.32. The van der Waals surface area contributed by atoms with Gasteiger partial charge in [0.1, 0.15) is 6.04 Å². The first kappa shape index (κ1) is 19.0. The second-order valence-electron chi connectivity index (χ2n) is 6.67. The summed E-state index contributed by atoms with van der Waals surface area (Å²) in [5.41, 5.74) is 3.63. The minimum absolute atomic E-state index is 0.277. The maximum Gasteiger partial charge on any atom is 0.337 e. The number of rotatable bonds is 3. The van der Waals surface area contributed by atoms with Crippen LogP contribution in [-0.2, 0) is 11.2 Å². The van der Waals surface area contributed by atoms with Crippen LogP contribution in [0.5, 0.6) is 0 Å². The Labute approximate surface area is 172 Å². The molecule has 1 aromatic heterocycles. The number of esters is 1. The van der Waals surface area contributed by atoms with Gasteiger partial charge in [-0.15, -0.1) is 0 Å². The van der Waals surface area contributed by atoms with E-state index in [0.717, 1.165) is 17.0 Å². The molecule has 3 aromatic rings. The lowest BCUT2D eigenvalue weighted by molar-refractivity contribution is 0.0600. The van der Waals surface area contributed by atoms with Gasteiger partial charge >= 0.3 is 12.0 Å². The maximum absolute atomic E-state index is 13.1. The molecule has 29 heavy (non-hydrogen) atoms. The van der Waals surface area contributed by atoms with Crippen LogP contribution in [0, 0.1) is 0 Å². The van der Waals surface area contributed by atoms with Gasteiger partial charge in [-0.25, -0.2) is 14.6 Å². The summed E-state index contributed by atoms with van der Waals surface area (Å²) in [5, 5.41) is 3.51. The molecule has 2 heterocycles. The van der Waals surface area contributed by atoms with Crippen molar-refractivity contribution in [3.05, 3.63) is 82.4 Å². The summed E-state index contributed by atoms with van der Waals surface area (Å²) < 4.78 is 4.74. The summed E-state index contributed by atoms with van der Waals surface area (Å²) in [5.74, 6) is -0.459. The Morgan fingerprint density at radius 2 is 2.03 bits per heavy atom. The molecule has 0 bridgehead atoms. The van der Waals surface area contributed by atoms with Gasteiger partial charge in [0.25, 0.3) is 0 Å². The van der Waals surface area contributed by atoms with E-state index in [2.05, 4.69) is 15.3 Å². The minimum atomic E-state index is -0.459. The number of carbonyl (C=O) groups is 2. The third-order valence-electron chi connectivity index (χ3n) is 4.91. The van der Waals surface area contributed by atoms with Crippen molar-refractivity contribution in [2.45, 2.75) is 12.5 Å². The van der Waals surface area contributed by atoms with E-state index >= 15 is 0 Å². The molecule has 7 nitrogen and oxygen atoms in total. The molecule has 1 atom stereocenters. The Bertz CT molecular complexity index is 1050. The van der Waals surface area contributed by atoms with E-state index in [1.165, 1.54) is 7.11 Å². The summed E-state index contributed by atoms with van der Waals surface area (Å²) in [6.45, 7) is 0.519. The van der Waals surface area contributed by atoms with E-state index in [-0.39, 0.29) is 12.1 Å². The molecule has 148 valence electrons. The van der Waals surface area contributed by atoms with Crippen LogP contribution in [0.25, 0.3) is 0 Å². The van der Waals surface area contributed by atoms with Gasteiger partial charge in [-0.3, -0.25) is 0 Å². The number of hydrogen-bond acceptors (Lipinski definition) is 4. The van der Waals surface area contributed by atoms with Crippen molar-refractivity contribution in [2.75, 3.05) is 19.0 Å². The van der Waals surface area contributed by atoms with Crippen molar-refractivity contribution >= 4 is 29.3 Å². The lowest BCUT2D eigenvalue weighted by Crippen LogP contribution is -2.43. The number of nitrogens with one attached hydrogen (secondary N) is 2. The molecule has 0 spiro atoms. The first-order valence-corrected chi connectivity index (χ1v) is 9.48. The molecule has 2 N–H and O–H groups in total. The number of methoxy groups -OCH3 is 1. The molecule has 0 unspecified atom stereocenters. The second-order valence-corrected chi connectivity index (χ2v) is 7.10. The van der Waals surface area contributed by atoms with Crippen molar-refractivity contribution in [2.24, 2.45) is 0 Å². The van der Waals surface area contributed by atoms with E-state index in [9.17, 15) is 9.59 Å². The number of H-pyrrole nitrogens is 1. The van der Waals surface area contributed by atoms with Gasteiger partial charge in [-0.05, 0) is 35.9 Å². The van der Waals surface area contributed by atoms with Gasteiger partial charge in [0.15, 0.2) is 0 Å². The summed E-state index contributed by atoms with van der Waals surface area (Å²) in [7, 11) is 1.32. The SMILES string of the molecule is COC(=O)c1cccc(NC(=O)N2CCc3[nH]cnc3[C@@H]2c2ccc(Cl)cc2)c1. The van der Waals surface area contributed by atoms with Crippen LogP contribution in [0.15, 0.2) is 54.9 Å². The fraction of sp³-hybridized carbons (Fsp3) is 0.190. The predicted octanol–water partition coefficient (Wildman–Crippen LogP) is 4.03. The predicted molar refractivity (Wildman–Crippen MR) is 109 cm³/mol. The molecule has 8 heteroatoms. The molecule has 0 saturated carbocycles. The molecule has 0 saturated heterocycles. The van der Waals surface area contributed by atoms with Crippen LogP contribution in [0.2, 0.25) is 5.02 Å². The normalized spacial score (nSPS) is 15.5. The van der Waals surface area contributed by atoms with Crippen LogP contribution in [-0.4, -0.2) is 40.5 Å². The highest BCUT2D eigenvalue weighted by Gasteiger charge is 2.34. The van der Waals surface area contributed by atoms with Crippen molar-refractivity contribution in [1.29, 1.82) is 0 Å². The average molecular weight is 411 g/mol. The molecule has 2 amide bonds. The van der Waals surface area contributed by atoms with Gasteiger partial charge < -0.3 is 19.9 Å². The summed E-state index contributed by atoms with van der Waals surface area (Å²) in [6.07, 6.45) is 2.32. The minimum Gasteiger partial charge on any atom is -0.465 e. The quantitative estimate of drug-likeness (QED) is 0.638. The average Bonchev–Trinajstić information content (AvgIpc) is 3.22. The number of urea groups is 1. The van der Waals surface area contributed by atoms with E-state index in [1.807, 2.05) is 12.1 Å². The molecule has 0 fully saturated rings. The van der Waals surface area contributed by atoms with Gasteiger partial charge in [0, 0.05) is 29.4 Å². The van der Waals surface area contributed by atoms with E-state index in [1.54, 1.807) is 47.6 Å². The van der Waals surface area contributed by atoms with Crippen molar-refractivity contribution in [3.63, 3.8) is 0 Å². The molecule has 4 rings (SSSR count). The summed E-state index contributed by atoms with van der Waals surface area (Å²) in [4.78, 5) is 34.2. The van der Waals surface area contributed by atoms with Crippen LogP contribution in [0.3, 0.4) is 0 Å². The molecule has 0 radical (unpaired) electrons. The van der Waals surface area contributed by atoms with E-state index < -0.39 is 5.97 Å². The smallest absolute Gasteiger partial charge is 0.337 e. The number of anilines is 1. The lowest BCUT2D eigenvalue weighted by Gasteiger charge is -2.35. The highest BCUT2D eigenvalue weighted by Crippen LogP contribution is 2.34. The number of fused-ring (bicyclic) bond motifs is 1. The number of carbonyl (C=O) groups excluding carboxylic acids is 2. The van der Waals surface area contributed by atoms with E-state index in [0.29, 0.717) is 29.2 Å². The van der Waals surface area contributed by atoms with Crippen LogP contribution in [0.4, 0.5) is 10.5 Å². The Morgan fingerprint density at radius 1 is 1.24 bits per heavy atom. The fourth-order valence-electron chi connectivity index (χ4n) is 3.52. The van der Waals surface area contributed by atoms with Crippen LogP contribution in [0.1, 0.15) is 33.4 Å². The number of halogens is 1. The monoisotopic (exact) mass is 410 g/mol. The Kier molecular flexibility index (Phi) is 5.22. The number of aromatic amines is 1. The van der Waals surface area contributed by atoms with Crippen molar-refractivity contribution < 1.29 is 14.3 Å². The third-order valence-corrected chi connectivity index (χ3v) is 5.16. The molecule has 0 aliphatic carbocycles. The van der Waals surface area contributed by atoms with Gasteiger partial charge in [0.05, 0.1) is 24.7 Å². The maximum atomic E-state index is 13.1. The van der Waals surface area contributed by atoms with Crippen LogP contribution >= 0.6 is 11.6 Å². The summed E-state index contributed by atoms with van der Waals surface area (Å²) in [6, 6.07) is 13.4. The zero-order valence-corrected chi connectivity index (χ0v) is 16.4. The number of hydrogen-bond donors (Lipinski definition) is 2. The van der Waals surface area contributed by atoms with Gasteiger partial charge in [-0.2, -0.15) is 0 Å². The van der Waals surface area contributed by atoms with Crippen LogP contribution < -0.4 is 5.32 Å². The largest absolute Gasteiger partial charge is 0.465 e. The lowest BCUT2D eigenvalue weighted by atomic mass is 9.96. The van der Waals surface area contributed by atoms with Crippen molar-refractivity contribution in [1.82, 2.24) is 14.9 Å². The second kappa shape index (κ2) is 7.97. The molecule has 2 aromatic carbocycles. The van der Waals surface area contributed by atoms with E-state index in [4.69, 9.17) is 16.3 Å². The first-order valence-electron chi connectivity index (χ1n) is 9.10. The molecule has 1 aliphatic rings. The first-order chi connectivity index (χ1) is 14.1.